The van der Waals surface area contributed by atoms with Crippen LogP contribution in [-0.2, 0) is 6.54 Å². The number of halogens is 1. The molecule has 0 radical (unpaired) electrons. The number of amides is 1. The van der Waals surface area contributed by atoms with Crippen molar-refractivity contribution in [3.8, 4) is 11.3 Å². The van der Waals surface area contributed by atoms with Crippen LogP contribution in [-0.4, -0.2) is 43.6 Å². The van der Waals surface area contributed by atoms with Gasteiger partial charge in [0.25, 0.3) is 5.91 Å². The average Bonchev–Trinajstić information content (AvgIpc) is 3.37. The van der Waals surface area contributed by atoms with Crippen LogP contribution >= 0.6 is 0 Å². The van der Waals surface area contributed by atoms with E-state index < -0.39 is 0 Å². The van der Waals surface area contributed by atoms with Crippen molar-refractivity contribution in [1.29, 1.82) is 0 Å². The molecule has 1 aromatic carbocycles. The van der Waals surface area contributed by atoms with Crippen LogP contribution < -0.4 is 0 Å². The fraction of sp³-hybridized carbons (Fsp3) is 0.350. The molecule has 1 aliphatic heterocycles. The van der Waals surface area contributed by atoms with Gasteiger partial charge in [-0.05, 0) is 38.0 Å². The number of aromatic nitrogens is 4. The Hall–Kier alpha value is -2.96. The van der Waals surface area contributed by atoms with Gasteiger partial charge in [-0.1, -0.05) is 12.1 Å². The summed E-state index contributed by atoms with van der Waals surface area (Å²) in [7, 11) is 0. The smallest absolute Gasteiger partial charge is 0.271 e. The molecule has 0 atom stereocenters. The van der Waals surface area contributed by atoms with Crippen molar-refractivity contribution >= 4 is 5.91 Å². The van der Waals surface area contributed by atoms with Crippen LogP contribution in [0.5, 0.6) is 0 Å². The Balaban J connectivity index is 1.44. The summed E-state index contributed by atoms with van der Waals surface area (Å²) in [6.07, 6.45) is 5.61. The SMILES string of the molecule is CCn1ccnc1C1CCN(C(=O)c2cc(-c3ccccc3F)n[nH]2)CC1. The van der Waals surface area contributed by atoms with Gasteiger partial charge in [0.15, 0.2) is 0 Å². The Kier molecular flexibility index (Phi) is 4.75. The third-order valence-electron chi connectivity index (χ3n) is 5.19. The fourth-order valence-corrected chi connectivity index (χ4v) is 3.70. The summed E-state index contributed by atoms with van der Waals surface area (Å²) in [5, 5.41) is 6.88. The summed E-state index contributed by atoms with van der Waals surface area (Å²) in [5.41, 5.74) is 1.22. The van der Waals surface area contributed by atoms with E-state index in [1.165, 1.54) is 6.07 Å². The summed E-state index contributed by atoms with van der Waals surface area (Å²) >= 11 is 0. The number of hydrogen-bond acceptors (Lipinski definition) is 3. The standard InChI is InChI=1S/C20H22FN5O/c1-2-25-12-9-22-19(25)14-7-10-26(11-8-14)20(27)18-13-17(23-24-18)15-5-3-4-6-16(15)21/h3-6,9,12-14H,2,7-8,10-11H2,1H3,(H,23,24). The number of benzene rings is 1. The van der Waals surface area contributed by atoms with Crippen LogP contribution in [0.3, 0.4) is 0 Å². The molecule has 140 valence electrons. The largest absolute Gasteiger partial charge is 0.337 e. The Morgan fingerprint density at radius 1 is 1.30 bits per heavy atom. The molecule has 1 fully saturated rings. The van der Waals surface area contributed by atoms with E-state index in [1.807, 2.05) is 17.3 Å². The van der Waals surface area contributed by atoms with Crippen LogP contribution in [0.1, 0.15) is 42.0 Å². The lowest BCUT2D eigenvalue weighted by atomic mass is 9.95. The van der Waals surface area contributed by atoms with Gasteiger partial charge in [0.1, 0.15) is 17.3 Å². The van der Waals surface area contributed by atoms with Crippen LogP contribution in [0.2, 0.25) is 0 Å². The Morgan fingerprint density at radius 2 is 2.07 bits per heavy atom. The second-order valence-corrected chi connectivity index (χ2v) is 6.78. The molecule has 0 bridgehead atoms. The lowest BCUT2D eigenvalue weighted by Crippen LogP contribution is -2.38. The zero-order chi connectivity index (χ0) is 18.8. The Labute approximate surface area is 157 Å². The van der Waals surface area contributed by atoms with Gasteiger partial charge >= 0.3 is 0 Å². The van der Waals surface area contributed by atoms with Gasteiger partial charge < -0.3 is 9.47 Å². The number of piperidine rings is 1. The highest BCUT2D eigenvalue weighted by Crippen LogP contribution is 2.28. The number of nitrogens with zero attached hydrogens (tertiary/aromatic N) is 4. The number of imidazole rings is 1. The first-order valence-corrected chi connectivity index (χ1v) is 9.28. The average molecular weight is 367 g/mol. The normalized spacial score (nSPS) is 15.3. The molecule has 1 saturated heterocycles. The van der Waals surface area contributed by atoms with Gasteiger partial charge in [-0.2, -0.15) is 5.10 Å². The van der Waals surface area contributed by atoms with E-state index in [0.29, 0.717) is 36.0 Å². The summed E-state index contributed by atoms with van der Waals surface area (Å²) in [6, 6.07) is 8.04. The highest BCUT2D eigenvalue weighted by molar-refractivity contribution is 5.93. The predicted molar refractivity (Wildman–Crippen MR) is 99.8 cm³/mol. The molecule has 4 rings (SSSR count). The first kappa shape index (κ1) is 17.5. The molecular weight excluding hydrogens is 345 g/mol. The molecule has 0 saturated carbocycles. The lowest BCUT2D eigenvalue weighted by molar-refractivity contribution is 0.0704. The number of aryl methyl sites for hydroxylation is 1. The topological polar surface area (TPSA) is 66.8 Å². The predicted octanol–water partition coefficient (Wildman–Crippen LogP) is 3.45. The molecule has 0 unspecified atom stereocenters. The molecule has 1 N–H and O–H groups in total. The van der Waals surface area contributed by atoms with E-state index in [4.69, 9.17) is 0 Å². The van der Waals surface area contributed by atoms with Crippen molar-refractivity contribution in [2.24, 2.45) is 0 Å². The van der Waals surface area contributed by atoms with E-state index in [0.717, 1.165) is 25.2 Å². The highest BCUT2D eigenvalue weighted by Gasteiger charge is 2.27. The van der Waals surface area contributed by atoms with E-state index in [9.17, 15) is 9.18 Å². The van der Waals surface area contributed by atoms with E-state index in [2.05, 4.69) is 26.7 Å². The summed E-state index contributed by atoms with van der Waals surface area (Å²) in [4.78, 5) is 19.1. The number of nitrogens with one attached hydrogen (secondary N) is 1. The summed E-state index contributed by atoms with van der Waals surface area (Å²) in [5.74, 6) is 1.03. The van der Waals surface area contributed by atoms with Crippen LogP contribution in [0.4, 0.5) is 4.39 Å². The quantitative estimate of drug-likeness (QED) is 0.768. The minimum atomic E-state index is -0.352. The lowest BCUT2D eigenvalue weighted by Gasteiger charge is -2.31. The Morgan fingerprint density at radius 3 is 2.81 bits per heavy atom. The van der Waals surface area contributed by atoms with E-state index in [-0.39, 0.29) is 11.7 Å². The van der Waals surface area contributed by atoms with Crippen LogP contribution in [0, 0.1) is 5.82 Å². The van der Waals surface area contributed by atoms with Gasteiger partial charge in [-0.15, -0.1) is 0 Å². The molecule has 2 aromatic heterocycles. The molecule has 0 spiro atoms. The first-order chi connectivity index (χ1) is 13.2. The van der Waals surface area contributed by atoms with E-state index >= 15 is 0 Å². The second kappa shape index (κ2) is 7.34. The van der Waals surface area contributed by atoms with Gasteiger partial charge in [-0.25, -0.2) is 9.37 Å². The minimum absolute atomic E-state index is 0.0950. The third kappa shape index (κ3) is 3.37. The van der Waals surface area contributed by atoms with Crippen molar-refractivity contribution in [1.82, 2.24) is 24.6 Å². The maximum Gasteiger partial charge on any atom is 0.271 e. The summed E-state index contributed by atoms with van der Waals surface area (Å²) < 4.78 is 16.1. The van der Waals surface area contributed by atoms with Crippen molar-refractivity contribution < 1.29 is 9.18 Å². The zero-order valence-corrected chi connectivity index (χ0v) is 15.2. The molecule has 3 heterocycles. The monoisotopic (exact) mass is 367 g/mol. The third-order valence-corrected chi connectivity index (χ3v) is 5.19. The second-order valence-electron chi connectivity index (χ2n) is 6.78. The number of aromatic amines is 1. The molecule has 27 heavy (non-hydrogen) atoms. The van der Waals surface area contributed by atoms with Gasteiger partial charge in [0.05, 0.1) is 5.69 Å². The maximum absolute atomic E-state index is 13.9. The fourth-order valence-electron chi connectivity index (χ4n) is 3.70. The molecule has 6 nitrogen and oxygen atoms in total. The van der Waals surface area contributed by atoms with E-state index in [1.54, 1.807) is 24.3 Å². The van der Waals surface area contributed by atoms with Gasteiger partial charge in [-0.3, -0.25) is 9.89 Å². The number of hydrogen-bond donors (Lipinski definition) is 1. The van der Waals surface area contributed by atoms with Crippen molar-refractivity contribution in [3.05, 3.63) is 60.1 Å². The van der Waals surface area contributed by atoms with Gasteiger partial charge in [0, 0.05) is 43.5 Å². The molecule has 0 aliphatic carbocycles. The molecule has 3 aromatic rings. The van der Waals surface area contributed by atoms with Crippen LogP contribution in [0.15, 0.2) is 42.7 Å². The van der Waals surface area contributed by atoms with Crippen LogP contribution in [0.25, 0.3) is 11.3 Å². The number of carbonyl (C=O) groups excluding carboxylic acids is 1. The van der Waals surface area contributed by atoms with Crippen molar-refractivity contribution in [2.45, 2.75) is 32.2 Å². The number of likely N-dealkylation sites (tertiary alicyclic amines) is 1. The Bertz CT molecular complexity index is 939. The highest BCUT2D eigenvalue weighted by atomic mass is 19.1. The van der Waals surface area contributed by atoms with Gasteiger partial charge in [0.2, 0.25) is 0 Å². The van der Waals surface area contributed by atoms with Crippen molar-refractivity contribution in [3.63, 3.8) is 0 Å². The zero-order valence-electron chi connectivity index (χ0n) is 15.2. The molecule has 7 heteroatoms. The van der Waals surface area contributed by atoms with Crippen molar-refractivity contribution in [2.75, 3.05) is 13.1 Å². The molecule has 1 amide bonds. The number of H-pyrrole nitrogens is 1. The summed E-state index contributed by atoms with van der Waals surface area (Å²) in [6.45, 7) is 4.36. The number of rotatable bonds is 4. The molecular formula is C20H22FN5O. The minimum Gasteiger partial charge on any atom is -0.337 e. The first-order valence-electron chi connectivity index (χ1n) is 9.28. The number of carbonyl (C=O) groups is 1. The molecule has 1 aliphatic rings. The maximum atomic E-state index is 13.9.